The summed E-state index contributed by atoms with van der Waals surface area (Å²) in [7, 11) is -3.96. The van der Waals surface area contributed by atoms with E-state index >= 15 is 0 Å². The first-order valence-electron chi connectivity index (χ1n) is 12.2. The quantitative estimate of drug-likeness (QED) is 0.389. The Labute approximate surface area is 213 Å². The minimum absolute atomic E-state index is 0.0211. The minimum atomic E-state index is -3.96. The molecule has 0 saturated carbocycles. The molecule has 0 aromatic heterocycles. The molecule has 0 spiro atoms. The molecule has 4 atom stereocenters. The van der Waals surface area contributed by atoms with Crippen molar-refractivity contribution < 1.29 is 28.2 Å². The predicted molar refractivity (Wildman–Crippen MR) is 138 cm³/mol. The van der Waals surface area contributed by atoms with Gasteiger partial charge in [0.15, 0.2) is 0 Å². The van der Waals surface area contributed by atoms with Crippen LogP contribution in [0.3, 0.4) is 0 Å². The van der Waals surface area contributed by atoms with Crippen LogP contribution in [0.2, 0.25) is 0 Å². The lowest BCUT2D eigenvalue weighted by Crippen LogP contribution is -2.57. The lowest BCUT2D eigenvalue weighted by molar-refractivity contribution is 0.00119. The minimum Gasteiger partial charge on any atom is -0.465 e. The van der Waals surface area contributed by atoms with Gasteiger partial charge in [0.1, 0.15) is 0 Å². The first-order valence-corrected chi connectivity index (χ1v) is 13.6. The maximum atomic E-state index is 13.5. The number of nitrogens with zero attached hydrogens (tertiary/aromatic N) is 2. The molecule has 1 aliphatic rings. The Hall–Kier alpha value is -2.66. The molecule has 1 amide bonds. The van der Waals surface area contributed by atoms with Crippen molar-refractivity contribution in [3.63, 3.8) is 0 Å². The molecule has 1 heterocycles. The SMILES string of the molecule is CC(C)CN(C[C@H](O)[C@H](Cc1ccccc1)N(C(=O)O)[C@H]1CCOC1C)S(=O)(=O)c1ccc(N)cc1. The van der Waals surface area contributed by atoms with E-state index in [1.807, 2.05) is 51.1 Å². The molecule has 36 heavy (non-hydrogen) atoms. The fourth-order valence-corrected chi connectivity index (χ4v) is 6.31. The van der Waals surface area contributed by atoms with Gasteiger partial charge in [0.25, 0.3) is 0 Å². The molecule has 10 heteroatoms. The summed E-state index contributed by atoms with van der Waals surface area (Å²) in [6.45, 7) is 5.93. The van der Waals surface area contributed by atoms with Crippen LogP contribution in [0.1, 0.15) is 32.8 Å². The van der Waals surface area contributed by atoms with Crippen molar-refractivity contribution in [1.82, 2.24) is 9.21 Å². The zero-order chi connectivity index (χ0) is 26.5. The molecule has 1 saturated heterocycles. The number of benzene rings is 2. The number of nitrogens with two attached hydrogens (primary N) is 1. The number of ether oxygens (including phenoxy) is 1. The fraction of sp³-hybridized carbons (Fsp3) is 0.500. The van der Waals surface area contributed by atoms with Crippen molar-refractivity contribution in [2.24, 2.45) is 5.92 Å². The standard InChI is InChI=1S/C26H37N3O6S/c1-18(2)16-28(36(33,34)22-11-9-21(27)10-12-22)17-25(30)24(15-20-7-5-4-6-8-20)29(26(31)32)23-13-14-35-19(23)3/h4-12,18-19,23-25,30H,13-17,27H2,1-3H3,(H,31,32)/t19?,23-,24-,25-/m0/s1. The van der Waals surface area contributed by atoms with Gasteiger partial charge in [-0.15, -0.1) is 0 Å². The van der Waals surface area contributed by atoms with Crippen LogP contribution in [0.5, 0.6) is 0 Å². The fourth-order valence-electron chi connectivity index (χ4n) is 4.69. The number of hydrogen-bond acceptors (Lipinski definition) is 6. The third-order valence-corrected chi connectivity index (χ3v) is 8.33. The molecule has 9 nitrogen and oxygen atoms in total. The van der Waals surface area contributed by atoms with Gasteiger partial charge in [0, 0.05) is 25.4 Å². The van der Waals surface area contributed by atoms with Crippen LogP contribution in [0.25, 0.3) is 0 Å². The van der Waals surface area contributed by atoms with Gasteiger partial charge >= 0.3 is 6.09 Å². The largest absolute Gasteiger partial charge is 0.465 e. The summed E-state index contributed by atoms with van der Waals surface area (Å²) in [5, 5.41) is 21.7. The van der Waals surface area contributed by atoms with Gasteiger partial charge in [-0.2, -0.15) is 4.31 Å². The number of hydrogen-bond donors (Lipinski definition) is 3. The van der Waals surface area contributed by atoms with Gasteiger partial charge in [0.05, 0.1) is 29.2 Å². The van der Waals surface area contributed by atoms with Crippen LogP contribution in [-0.2, 0) is 21.2 Å². The van der Waals surface area contributed by atoms with Crippen molar-refractivity contribution in [2.75, 3.05) is 25.4 Å². The summed E-state index contributed by atoms with van der Waals surface area (Å²) in [6.07, 6.45) is -2.05. The Morgan fingerprint density at radius 2 is 1.75 bits per heavy atom. The van der Waals surface area contributed by atoms with Crippen LogP contribution in [0.15, 0.2) is 59.5 Å². The van der Waals surface area contributed by atoms with Crippen LogP contribution in [0.4, 0.5) is 10.5 Å². The van der Waals surface area contributed by atoms with E-state index in [4.69, 9.17) is 10.5 Å². The highest BCUT2D eigenvalue weighted by atomic mass is 32.2. The first-order chi connectivity index (χ1) is 17.0. The van der Waals surface area contributed by atoms with E-state index in [1.54, 1.807) is 0 Å². The Morgan fingerprint density at radius 1 is 1.11 bits per heavy atom. The summed E-state index contributed by atoms with van der Waals surface area (Å²) in [4.78, 5) is 13.8. The molecular weight excluding hydrogens is 482 g/mol. The summed E-state index contributed by atoms with van der Waals surface area (Å²) in [5.74, 6) is -0.0211. The summed E-state index contributed by atoms with van der Waals surface area (Å²) >= 11 is 0. The summed E-state index contributed by atoms with van der Waals surface area (Å²) in [5.41, 5.74) is 7.02. The van der Waals surface area contributed by atoms with Gasteiger partial charge in [-0.1, -0.05) is 44.2 Å². The number of sulfonamides is 1. The van der Waals surface area contributed by atoms with Crippen LogP contribution in [0, 0.1) is 5.92 Å². The molecule has 1 aliphatic heterocycles. The number of aliphatic hydroxyl groups is 1. The Bertz CT molecular complexity index is 1090. The Kier molecular flexibility index (Phi) is 9.35. The van der Waals surface area contributed by atoms with E-state index in [0.717, 1.165) is 5.56 Å². The number of nitrogen functional groups attached to an aromatic ring is 1. The second-order valence-electron chi connectivity index (χ2n) is 9.73. The third-order valence-electron chi connectivity index (χ3n) is 6.48. The molecule has 2 aromatic rings. The van der Waals surface area contributed by atoms with Crippen molar-refractivity contribution >= 4 is 21.8 Å². The molecule has 198 valence electrons. The van der Waals surface area contributed by atoms with Crippen molar-refractivity contribution in [1.29, 1.82) is 0 Å². The smallest absolute Gasteiger partial charge is 0.407 e. The van der Waals surface area contributed by atoms with Gasteiger partial charge in [-0.3, -0.25) is 4.90 Å². The maximum absolute atomic E-state index is 13.5. The number of aliphatic hydroxyl groups excluding tert-OH is 1. The molecule has 2 aromatic carbocycles. The number of anilines is 1. The molecule has 4 N–H and O–H groups in total. The Morgan fingerprint density at radius 3 is 2.28 bits per heavy atom. The molecule has 1 unspecified atom stereocenters. The Balaban J connectivity index is 1.97. The number of carbonyl (C=O) groups is 1. The molecule has 0 aliphatic carbocycles. The third kappa shape index (κ3) is 6.76. The number of amides is 1. The molecule has 0 radical (unpaired) electrons. The van der Waals surface area contributed by atoms with Gasteiger partial charge < -0.3 is 20.7 Å². The number of rotatable bonds is 11. The zero-order valence-electron chi connectivity index (χ0n) is 21.0. The normalized spacial score (nSPS) is 19.9. The van der Waals surface area contributed by atoms with Gasteiger partial charge in [0.2, 0.25) is 10.0 Å². The lowest BCUT2D eigenvalue weighted by Gasteiger charge is -2.39. The highest BCUT2D eigenvalue weighted by Crippen LogP contribution is 2.27. The van der Waals surface area contributed by atoms with Gasteiger partial charge in [-0.05, 0) is 55.5 Å². The first kappa shape index (κ1) is 27.9. The highest BCUT2D eigenvalue weighted by Gasteiger charge is 2.41. The molecular formula is C26H37N3O6S. The number of carboxylic acid groups (broad SMARTS) is 1. The van der Waals surface area contributed by atoms with Crippen molar-refractivity contribution in [2.45, 2.75) is 62.8 Å². The summed E-state index contributed by atoms with van der Waals surface area (Å²) < 4.78 is 33.9. The van der Waals surface area contributed by atoms with Crippen LogP contribution in [-0.4, -0.2) is 77.9 Å². The second kappa shape index (κ2) is 12.1. The monoisotopic (exact) mass is 519 g/mol. The topological polar surface area (TPSA) is 133 Å². The van der Waals surface area contributed by atoms with Gasteiger partial charge in [-0.25, -0.2) is 13.2 Å². The molecule has 1 fully saturated rings. The zero-order valence-corrected chi connectivity index (χ0v) is 21.8. The van der Waals surface area contributed by atoms with E-state index in [2.05, 4.69) is 0 Å². The van der Waals surface area contributed by atoms with E-state index in [9.17, 15) is 23.4 Å². The molecule has 0 bridgehead atoms. The lowest BCUT2D eigenvalue weighted by atomic mass is 9.96. The van der Waals surface area contributed by atoms with Crippen molar-refractivity contribution in [3.8, 4) is 0 Å². The average Bonchev–Trinajstić information content (AvgIpc) is 3.24. The van der Waals surface area contributed by atoms with Crippen LogP contribution < -0.4 is 5.73 Å². The maximum Gasteiger partial charge on any atom is 0.407 e. The highest BCUT2D eigenvalue weighted by molar-refractivity contribution is 7.89. The van der Waals surface area contributed by atoms with E-state index in [1.165, 1.54) is 33.5 Å². The van der Waals surface area contributed by atoms with Crippen molar-refractivity contribution in [3.05, 3.63) is 60.2 Å². The van der Waals surface area contributed by atoms with E-state index in [0.29, 0.717) is 18.7 Å². The molecule has 3 rings (SSSR count). The summed E-state index contributed by atoms with van der Waals surface area (Å²) in [6, 6.07) is 13.9. The van der Waals surface area contributed by atoms with Crippen LogP contribution >= 0.6 is 0 Å². The average molecular weight is 520 g/mol. The van der Waals surface area contributed by atoms with E-state index in [-0.39, 0.29) is 36.4 Å². The second-order valence-corrected chi connectivity index (χ2v) is 11.7. The van der Waals surface area contributed by atoms with E-state index < -0.39 is 34.3 Å². The predicted octanol–water partition coefficient (Wildman–Crippen LogP) is 3.05.